The molecule has 0 aliphatic rings. The summed E-state index contributed by atoms with van der Waals surface area (Å²) in [5.41, 5.74) is 1.73. The quantitative estimate of drug-likeness (QED) is 0.567. The van der Waals surface area contributed by atoms with E-state index in [0.717, 1.165) is 11.3 Å². The second-order valence-electron chi connectivity index (χ2n) is 5.71. The molecule has 6 nitrogen and oxygen atoms in total. The molecule has 4 aromatic rings. The Morgan fingerprint density at radius 2 is 1.81 bits per heavy atom. The Morgan fingerprint density at radius 1 is 1.04 bits per heavy atom. The second-order valence-corrected chi connectivity index (χ2v) is 5.71. The first kappa shape index (κ1) is 15.9. The molecule has 0 bridgehead atoms. The van der Waals surface area contributed by atoms with Crippen LogP contribution in [0.4, 0.5) is 4.39 Å². The first-order valence-electron chi connectivity index (χ1n) is 7.88. The molecule has 0 radical (unpaired) electrons. The van der Waals surface area contributed by atoms with E-state index in [9.17, 15) is 9.18 Å². The Labute approximate surface area is 147 Å². The van der Waals surface area contributed by atoms with Gasteiger partial charge in [-0.1, -0.05) is 35.0 Å². The number of benzene rings is 2. The molecule has 0 N–H and O–H groups in total. The number of aryl methyl sites for hydroxylation is 1. The maximum atomic E-state index is 13.9. The van der Waals surface area contributed by atoms with E-state index in [2.05, 4.69) is 15.2 Å². The van der Waals surface area contributed by atoms with Gasteiger partial charge in [-0.05, 0) is 31.2 Å². The van der Waals surface area contributed by atoms with Gasteiger partial charge in [0.25, 0.3) is 5.89 Å². The average Bonchev–Trinajstić information content (AvgIpc) is 3.13. The van der Waals surface area contributed by atoms with Gasteiger partial charge in [0.15, 0.2) is 5.69 Å². The molecule has 2 aromatic carbocycles. The van der Waals surface area contributed by atoms with Gasteiger partial charge in [-0.25, -0.2) is 9.07 Å². The van der Waals surface area contributed by atoms with Gasteiger partial charge in [0, 0.05) is 12.3 Å². The van der Waals surface area contributed by atoms with Crippen LogP contribution in [-0.4, -0.2) is 19.9 Å². The summed E-state index contributed by atoms with van der Waals surface area (Å²) in [6, 6.07) is 15.1. The highest BCUT2D eigenvalue weighted by atomic mass is 19.1. The molecule has 0 spiro atoms. The number of aromatic nitrogens is 4. The molecule has 0 saturated carbocycles. The van der Waals surface area contributed by atoms with Crippen LogP contribution in [0.1, 0.15) is 5.56 Å². The SMILES string of the molecule is Cc1ccc(-n2ccc(=O)c(-c3nc(-c4ccccc4F)no3)n2)cc1. The fourth-order valence-corrected chi connectivity index (χ4v) is 2.47. The van der Waals surface area contributed by atoms with Crippen molar-refractivity contribution in [1.29, 1.82) is 0 Å². The number of hydrogen-bond donors (Lipinski definition) is 0. The lowest BCUT2D eigenvalue weighted by atomic mass is 10.2. The molecule has 7 heteroatoms. The predicted octanol–water partition coefficient (Wildman–Crippen LogP) is 3.40. The highest BCUT2D eigenvalue weighted by molar-refractivity contribution is 5.58. The summed E-state index contributed by atoms with van der Waals surface area (Å²) < 4.78 is 20.6. The van der Waals surface area contributed by atoms with E-state index in [1.807, 2.05) is 31.2 Å². The Bertz CT molecular complexity index is 1130. The van der Waals surface area contributed by atoms with Gasteiger partial charge >= 0.3 is 0 Å². The van der Waals surface area contributed by atoms with Gasteiger partial charge in [0.1, 0.15) is 5.82 Å². The van der Waals surface area contributed by atoms with E-state index in [1.54, 1.807) is 23.0 Å². The Balaban J connectivity index is 1.77. The van der Waals surface area contributed by atoms with Crippen LogP contribution in [-0.2, 0) is 0 Å². The third-order valence-corrected chi connectivity index (χ3v) is 3.85. The molecular weight excluding hydrogens is 335 g/mol. The summed E-state index contributed by atoms with van der Waals surface area (Å²) in [5.74, 6) is -0.474. The van der Waals surface area contributed by atoms with Crippen molar-refractivity contribution >= 4 is 0 Å². The minimum atomic E-state index is -0.474. The molecular formula is C19H13FN4O2. The van der Waals surface area contributed by atoms with Crippen LogP contribution in [0.25, 0.3) is 28.7 Å². The van der Waals surface area contributed by atoms with Crippen molar-refractivity contribution in [2.75, 3.05) is 0 Å². The summed E-state index contributed by atoms with van der Waals surface area (Å²) in [6.45, 7) is 1.98. The summed E-state index contributed by atoms with van der Waals surface area (Å²) in [5, 5.41) is 8.05. The molecule has 4 rings (SSSR count). The summed E-state index contributed by atoms with van der Waals surface area (Å²) in [6.07, 6.45) is 1.56. The van der Waals surface area contributed by atoms with E-state index in [-0.39, 0.29) is 28.4 Å². The van der Waals surface area contributed by atoms with Crippen LogP contribution >= 0.6 is 0 Å². The van der Waals surface area contributed by atoms with Crippen LogP contribution in [0.15, 0.2) is 70.1 Å². The minimum absolute atomic E-state index is 0.00293. The van der Waals surface area contributed by atoms with Crippen molar-refractivity contribution in [3.8, 4) is 28.7 Å². The van der Waals surface area contributed by atoms with Gasteiger partial charge in [-0.3, -0.25) is 4.79 Å². The molecule has 0 saturated heterocycles. The molecule has 26 heavy (non-hydrogen) atoms. The van der Waals surface area contributed by atoms with Crippen LogP contribution < -0.4 is 5.43 Å². The van der Waals surface area contributed by atoms with E-state index in [1.165, 1.54) is 18.2 Å². The van der Waals surface area contributed by atoms with E-state index in [4.69, 9.17) is 4.52 Å². The molecule has 128 valence electrons. The first-order valence-corrected chi connectivity index (χ1v) is 7.88. The molecule has 0 aliphatic carbocycles. The van der Waals surface area contributed by atoms with Crippen molar-refractivity contribution in [2.45, 2.75) is 6.92 Å². The van der Waals surface area contributed by atoms with Crippen LogP contribution in [0.3, 0.4) is 0 Å². The van der Waals surface area contributed by atoms with Crippen molar-refractivity contribution in [3.63, 3.8) is 0 Å². The van der Waals surface area contributed by atoms with Gasteiger partial charge in [0.2, 0.25) is 11.3 Å². The van der Waals surface area contributed by atoms with Crippen LogP contribution in [0, 0.1) is 12.7 Å². The van der Waals surface area contributed by atoms with Gasteiger partial charge in [-0.2, -0.15) is 10.1 Å². The highest BCUT2D eigenvalue weighted by Crippen LogP contribution is 2.22. The standard InChI is InChI=1S/C19H13FN4O2/c1-12-6-8-13(9-7-12)24-11-10-16(25)17(22-24)19-21-18(23-26-19)14-4-2-3-5-15(14)20/h2-11H,1H3. The molecule has 0 aliphatic heterocycles. The summed E-state index contributed by atoms with van der Waals surface area (Å²) >= 11 is 0. The van der Waals surface area contributed by atoms with Crippen molar-refractivity contribution < 1.29 is 8.91 Å². The topological polar surface area (TPSA) is 73.8 Å². The zero-order valence-corrected chi connectivity index (χ0v) is 13.8. The lowest BCUT2D eigenvalue weighted by Crippen LogP contribution is -2.12. The molecule has 0 unspecified atom stereocenters. The highest BCUT2D eigenvalue weighted by Gasteiger charge is 2.17. The minimum Gasteiger partial charge on any atom is -0.332 e. The zero-order valence-electron chi connectivity index (χ0n) is 13.8. The lowest BCUT2D eigenvalue weighted by molar-refractivity contribution is 0.429. The predicted molar refractivity (Wildman–Crippen MR) is 93.3 cm³/mol. The van der Waals surface area contributed by atoms with Gasteiger partial charge in [0.05, 0.1) is 11.3 Å². The Kier molecular flexibility index (Phi) is 3.89. The lowest BCUT2D eigenvalue weighted by Gasteiger charge is -2.05. The molecule has 0 fully saturated rings. The van der Waals surface area contributed by atoms with Crippen LogP contribution in [0.2, 0.25) is 0 Å². The number of nitrogens with zero attached hydrogens (tertiary/aromatic N) is 4. The summed E-state index contributed by atoms with van der Waals surface area (Å²) in [4.78, 5) is 16.3. The maximum absolute atomic E-state index is 13.9. The van der Waals surface area contributed by atoms with Crippen molar-refractivity contribution in [3.05, 3.63) is 82.4 Å². The van der Waals surface area contributed by atoms with Crippen molar-refractivity contribution in [2.24, 2.45) is 0 Å². The Morgan fingerprint density at radius 3 is 2.58 bits per heavy atom. The van der Waals surface area contributed by atoms with Gasteiger partial charge in [-0.15, -0.1) is 0 Å². The third kappa shape index (κ3) is 2.90. The average molecular weight is 348 g/mol. The van der Waals surface area contributed by atoms with Gasteiger partial charge < -0.3 is 4.52 Å². The van der Waals surface area contributed by atoms with Crippen LogP contribution in [0.5, 0.6) is 0 Å². The van der Waals surface area contributed by atoms with E-state index >= 15 is 0 Å². The number of rotatable bonds is 3. The van der Waals surface area contributed by atoms with E-state index < -0.39 is 5.82 Å². The smallest absolute Gasteiger partial charge is 0.282 e. The largest absolute Gasteiger partial charge is 0.332 e. The Hall–Kier alpha value is -3.61. The fourth-order valence-electron chi connectivity index (χ4n) is 2.47. The monoisotopic (exact) mass is 348 g/mol. The molecule has 2 heterocycles. The molecule has 0 amide bonds. The number of halogens is 1. The number of hydrogen-bond acceptors (Lipinski definition) is 5. The van der Waals surface area contributed by atoms with Crippen molar-refractivity contribution in [1.82, 2.24) is 19.9 Å². The summed E-state index contributed by atoms with van der Waals surface area (Å²) in [7, 11) is 0. The first-order chi connectivity index (χ1) is 12.6. The van der Waals surface area contributed by atoms with E-state index in [0.29, 0.717) is 0 Å². The normalized spacial score (nSPS) is 10.8. The zero-order chi connectivity index (χ0) is 18.1. The second kappa shape index (κ2) is 6.36. The third-order valence-electron chi connectivity index (χ3n) is 3.85. The maximum Gasteiger partial charge on any atom is 0.282 e. The molecule has 2 aromatic heterocycles. The molecule has 0 atom stereocenters. The fraction of sp³-hybridized carbons (Fsp3) is 0.0526.